The van der Waals surface area contributed by atoms with Gasteiger partial charge in [-0.2, -0.15) is 0 Å². The highest BCUT2D eigenvalue weighted by Gasteiger charge is 2.67. The number of aliphatic hydroxyl groups is 1. The molecule has 1 nitrogen and oxygen atoms in total. The lowest BCUT2D eigenvalue weighted by Crippen LogP contribution is -2.39. The maximum Gasteiger partial charge on any atom is 0.0639 e. The summed E-state index contributed by atoms with van der Waals surface area (Å²) in [5, 5.41) is 11.4. The van der Waals surface area contributed by atoms with Gasteiger partial charge in [-0.25, -0.2) is 0 Å². The second-order valence-corrected chi connectivity index (χ2v) is 8.61. The molecule has 0 spiro atoms. The lowest BCUT2D eigenvalue weighted by molar-refractivity contribution is -0.0139. The zero-order valence-corrected chi connectivity index (χ0v) is 14.9. The third-order valence-corrected chi connectivity index (χ3v) is 7.56. The van der Waals surface area contributed by atoms with Crippen LogP contribution in [0, 0.1) is 22.7 Å². The summed E-state index contributed by atoms with van der Waals surface area (Å²) < 4.78 is 0. The lowest BCUT2D eigenvalue weighted by atomic mass is 9.69. The van der Waals surface area contributed by atoms with Crippen molar-refractivity contribution in [3.05, 3.63) is 71.8 Å². The van der Waals surface area contributed by atoms with Crippen molar-refractivity contribution >= 4 is 0 Å². The molecule has 0 heterocycles. The van der Waals surface area contributed by atoms with E-state index < -0.39 is 0 Å². The summed E-state index contributed by atoms with van der Waals surface area (Å²) in [7, 11) is 0. The highest BCUT2D eigenvalue weighted by molar-refractivity contribution is 5.36. The Morgan fingerprint density at radius 1 is 0.875 bits per heavy atom. The van der Waals surface area contributed by atoms with Crippen LogP contribution in [0.5, 0.6) is 0 Å². The van der Waals surface area contributed by atoms with E-state index in [1.54, 1.807) is 0 Å². The fourth-order valence-corrected chi connectivity index (χ4v) is 5.78. The van der Waals surface area contributed by atoms with E-state index in [0.717, 1.165) is 6.42 Å². The third kappa shape index (κ3) is 2.04. The van der Waals surface area contributed by atoms with Crippen molar-refractivity contribution in [3.8, 4) is 0 Å². The van der Waals surface area contributed by atoms with E-state index in [-0.39, 0.29) is 22.9 Å². The Labute approximate surface area is 145 Å². The van der Waals surface area contributed by atoms with Crippen LogP contribution in [0.1, 0.15) is 50.7 Å². The molecule has 2 bridgehead atoms. The van der Waals surface area contributed by atoms with E-state index in [4.69, 9.17) is 0 Å². The first-order valence-corrected chi connectivity index (χ1v) is 9.25. The van der Waals surface area contributed by atoms with Gasteiger partial charge in [0.05, 0.1) is 6.10 Å². The molecule has 126 valence electrons. The second-order valence-electron chi connectivity index (χ2n) is 8.61. The molecular weight excluding hydrogens is 292 g/mol. The SMILES string of the molecule is CC1(C)[C@H]2CC[C@@]1(C)[C@H](O)[C@H]2C(c1ccccc1)c1ccccc1. The molecule has 0 unspecified atom stereocenters. The van der Waals surface area contributed by atoms with E-state index >= 15 is 0 Å². The highest BCUT2D eigenvalue weighted by atomic mass is 16.3. The summed E-state index contributed by atoms with van der Waals surface area (Å²) >= 11 is 0. The van der Waals surface area contributed by atoms with Gasteiger partial charge in [0.25, 0.3) is 0 Å². The van der Waals surface area contributed by atoms with Crippen LogP contribution in [0.3, 0.4) is 0 Å². The monoisotopic (exact) mass is 320 g/mol. The van der Waals surface area contributed by atoms with Crippen LogP contribution in [0.25, 0.3) is 0 Å². The van der Waals surface area contributed by atoms with Crippen molar-refractivity contribution in [2.75, 3.05) is 0 Å². The van der Waals surface area contributed by atoms with Gasteiger partial charge in [0.1, 0.15) is 0 Å². The van der Waals surface area contributed by atoms with Crippen molar-refractivity contribution in [1.29, 1.82) is 0 Å². The molecule has 4 rings (SSSR count). The first-order chi connectivity index (χ1) is 11.5. The van der Waals surface area contributed by atoms with Gasteiger partial charge in [-0.3, -0.25) is 0 Å². The molecular formula is C23H28O. The predicted molar refractivity (Wildman–Crippen MR) is 98.8 cm³/mol. The summed E-state index contributed by atoms with van der Waals surface area (Å²) in [6.45, 7) is 7.06. The van der Waals surface area contributed by atoms with E-state index in [1.807, 2.05) is 0 Å². The maximum atomic E-state index is 11.4. The Morgan fingerprint density at radius 2 is 1.38 bits per heavy atom. The zero-order chi connectivity index (χ0) is 16.9. The topological polar surface area (TPSA) is 20.2 Å². The van der Waals surface area contributed by atoms with Crippen LogP contribution in [0.2, 0.25) is 0 Å². The van der Waals surface area contributed by atoms with Gasteiger partial charge in [0.2, 0.25) is 0 Å². The maximum absolute atomic E-state index is 11.4. The Kier molecular flexibility index (Phi) is 3.61. The van der Waals surface area contributed by atoms with Gasteiger partial charge in [0, 0.05) is 5.92 Å². The number of fused-ring (bicyclic) bond motifs is 2. The van der Waals surface area contributed by atoms with Crippen LogP contribution in [-0.2, 0) is 0 Å². The van der Waals surface area contributed by atoms with Gasteiger partial charge in [-0.05, 0) is 46.6 Å². The average molecular weight is 320 g/mol. The van der Waals surface area contributed by atoms with E-state index in [0.29, 0.717) is 11.8 Å². The molecule has 4 atom stereocenters. The molecule has 24 heavy (non-hydrogen) atoms. The molecule has 0 aromatic heterocycles. The minimum atomic E-state index is -0.239. The molecule has 2 aromatic rings. The van der Waals surface area contributed by atoms with Crippen molar-refractivity contribution in [1.82, 2.24) is 0 Å². The molecule has 1 N–H and O–H groups in total. The molecule has 0 amide bonds. The minimum absolute atomic E-state index is 0.0319. The van der Waals surface area contributed by atoms with Crippen LogP contribution in [-0.4, -0.2) is 11.2 Å². The van der Waals surface area contributed by atoms with E-state index in [2.05, 4.69) is 81.4 Å². The first-order valence-electron chi connectivity index (χ1n) is 9.25. The molecule has 2 saturated carbocycles. The zero-order valence-electron chi connectivity index (χ0n) is 14.9. The molecule has 1 heteroatoms. The van der Waals surface area contributed by atoms with Gasteiger partial charge in [0.15, 0.2) is 0 Å². The fraction of sp³-hybridized carbons (Fsp3) is 0.478. The standard InChI is InChI=1S/C23H28O/c1-22(2)18-14-15-23(22,3)21(24)20(18)19(16-10-6-4-7-11-16)17-12-8-5-9-13-17/h4-13,18-21,24H,14-15H2,1-3H3/t18-,20+,21+,23-/m0/s1. The lowest BCUT2D eigenvalue weighted by Gasteiger charge is -2.39. The van der Waals surface area contributed by atoms with Gasteiger partial charge < -0.3 is 5.11 Å². The Bertz CT molecular complexity index is 666. The number of benzene rings is 2. The number of hydrogen-bond acceptors (Lipinski definition) is 1. The number of hydrogen-bond donors (Lipinski definition) is 1. The Morgan fingerprint density at radius 3 is 1.79 bits per heavy atom. The Hall–Kier alpha value is -1.60. The van der Waals surface area contributed by atoms with Crippen LogP contribution >= 0.6 is 0 Å². The number of aliphatic hydroxyl groups excluding tert-OH is 1. The molecule has 0 radical (unpaired) electrons. The first kappa shape index (κ1) is 15.9. The molecule has 2 aliphatic carbocycles. The molecule has 2 aliphatic rings. The average Bonchev–Trinajstić information content (AvgIpc) is 2.91. The molecule has 2 fully saturated rings. The quantitative estimate of drug-likeness (QED) is 0.818. The normalized spacial score (nSPS) is 34.0. The molecule has 2 aromatic carbocycles. The van der Waals surface area contributed by atoms with E-state index in [1.165, 1.54) is 17.5 Å². The Balaban J connectivity index is 1.84. The fourth-order valence-electron chi connectivity index (χ4n) is 5.78. The second kappa shape index (κ2) is 5.46. The summed E-state index contributed by atoms with van der Waals surface area (Å²) in [6, 6.07) is 21.6. The predicted octanol–water partition coefficient (Wildman–Crippen LogP) is 5.25. The number of rotatable bonds is 3. The summed E-state index contributed by atoms with van der Waals surface area (Å²) in [4.78, 5) is 0. The highest BCUT2D eigenvalue weighted by Crippen LogP contribution is 2.70. The van der Waals surface area contributed by atoms with Gasteiger partial charge in [-0.15, -0.1) is 0 Å². The minimum Gasteiger partial charge on any atom is -0.392 e. The van der Waals surface area contributed by atoms with Crippen molar-refractivity contribution in [2.45, 2.75) is 45.6 Å². The largest absolute Gasteiger partial charge is 0.392 e. The van der Waals surface area contributed by atoms with Gasteiger partial charge >= 0.3 is 0 Å². The molecule has 0 saturated heterocycles. The summed E-state index contributed by atoms with van der Waals surface area (Å²) in [5.74, 6) is 1.14. The van der Waals surface area contributed by atoms with E-state index in [9.17, 15) is 5.11 Å². The summed E-state index contributed by atoms with van der Waals surface area (Å²) in [6.07, 6.45) is 2.15. The van der Waals surface area contributed by atoms with Crippen molar-refractivity contribution in [2.24, 2.45) is 22.7 Å². The van der Waals surface area contributed by atoms with Crippen LogP contribution in [0.15, 0.2) is 60.7 Å². The smallest absolute Gasteiger partial charge is 0.0639 e. The third-order valence-electron chi connectivity index (χ3n) is 7.56. The van der Waals surface area contributed by atoms with Crippen LogP contribution < -0.4 is 0 Å². The molecule has 0 aliphatic heterocycles. The van der Waals surface area contributed by atoms with Crippen LogP contribution in [0.4, 0.5) is 0 Å². The van der Waals surface area contributed by atoms with Crippen molar-refractivity contribution < 1.29 is 5.11 Å². The summed E-state index contributed by atoms with van der Waals surface area (Å²) in [5.41, 5.74) is 2.89. The van der Waals surface area contributed by atoms with Crippen molar-refractivity contribution in [3.63, 3.8) is 0 Å². The van der Waals surface area contributed by atoms with Gasteiger partial charge in [-0.1, -0.05) is 81.4 Å².